The molecule has 31 heavy (non-hydrogen) atoms. The van der Waals surface area contributed by atoms with E-state index in [4.69, 9.17) is 0 Å². The largest absolute Gasteiger partial charge is 0.341 e. The maximum absolute atomic E-state index is 12.7. The number of rotatable bonds is 5. The van der Waals surface area contributed by atoms with Crippen molar-refractivity contribution in [1.82, 2.24) is 19.7 Å². The van der Waals surface area contributed by atoms with Crippen LogP contribution in [0.4, 0.5) is 0 Å². The van der Waals surface area contributed by atoms with E-state index in [1.54, 1.807) is 58.5 Å². The lowest BCUT2D eigenvalue weighted by Gasteiger charge is -2.22. The molecule has 4 rings (SSSR count). The highest BCUT2D eigenvalue weighted by Crippen LogP contribution is 2.22. The molecule has 2 aliphatic rings. The molecule has 1 aromatic heterocycles. The molecule has 0 atom stereocenters. The van der Waals surface area contributed by atoms with Gasteiger partial charge in [0.05, 0.1) is 11.1 Å². The summed E-state index contributed by atoms with van der Waals surface area (Å²) in [7, 11) is 0. The Morgan fingerprint density at radius 2 is 1.48 bits per heavy atom. The minimum absolute atomic E-state index is 0.0243. The van der Waals surface area contributed by atoms with Crippen molar-refractivity contribution in [2.45, 2.75) is 19.3 Å². The average Bonchev–Trinajstić information content (AvgIpc) is 2.97. The maximum atomic E-state index is 12.7. The van der Waals surface area contributed by atoms with Crippen LogP contribution in [0.2, 0.25) is 0 Å². The summed E-state index contributed by atoms with van der Waals surface area (Å²) in [6.07, 6.45) is 2.96. The van der Waals surface area contributed by atoms with E-state index in [2.05, 4.69) is 4.98 Å². The van der Waals surface area contributed by atoms with Gasteiger partial charge in [0.25, 0.3) is 17.7 Å². The zero-order valence-corrected chi connectivity index (χ0v) is 17.2. The van der Waals surface area contributed by atoms with Crippen molar-refractivity contribution in [3.05, 3.63) is 65.5 Å². The Bertz CT molecular complexity index is 973. The lowest BCUT2D eigenvalue weighted by molar-refractivity contribution is -0.131. The number of pyridine rings is 1. The molecule has 0 N–H and O–H groups in total. The van der Waals surface area contributed by atoms with Gasteiger partial charge in [0.1, 0.15) is 5.69 Å². The van der Waals surface area contributed by atoms with E-state index in [1.807, 2.05) is 0 Å². The first-order valence-electron chi connectivity index (χ1n) is 10.5. The Balaban J connectivity index is 1.27. The Morgan fingerprint density at radius 1 is 0.839 bits per heavy atom. The molecule has 1 fully saturated rings. The van der Waals surface area contributed by atoms with E-state index in [9.17, 15) is 19.2 Å². The number of nitrogens with zero attached hydrogens (tertiary/aromatic N) is 4. The molecule has 160 valence electrons. The van der Waals surface area contributed by atoms with Gasteiger partial charge in [0.15, 0.2) is 0 Å². The lowest BCUT2D eigenvalue weighted by Crippen LogP contribution is -2.38. The van der Waals surface area contributed by atoms with Crippen molar-refractivity contribution in [2.24, 2.45) is 0 Å². The fourth-order valence-corrected chi connectivity index (χ4v) is 4.01. The summed E-state index contributed by atoms with van der Waals surface area (Å²) < 4.78 is 0. The number of carbonyl (C=O) groups is 4. The molecule has 4 amide bonds. The van der Waals surface area contributed by atoms with Crippen LogP contribution in [0, 0.1) is 0 Å². The topological polar surface area (TPSA) is 90.9 Å². The zero-order valence-electron chi connectivity index (χ0n) is 17.2. The Kier molecular flexibility index (Phi) is 6.06. The van der Waals surface area contributed by atoms with Crippen LogP contribution in [-0.2, 0) is 4.79 Å². The van der Waals surface area contributed by atoms with Crippen molar-refractivity contribution in [2.75, 3.05) is 32.7 Å². The molecular formula is C23H24N4O4. The lowest BCUT2D eigenvalue weighted by atomic mass is 10.1. The molecule has 0 unspecified atom stereocenters. The van der Waals surface area contributed by atoms with Crippen LogP contribution in [0.3, 0.4) is 0 Å². The van der Waals surface area contributed by atoms with Gasteiger partial charge in [-0.3, -0.25) is 29.1 Å². The minimum Gasteiger partial charge on any atom is -0.341 e. The van der Waals surface area contributed by atoms with E-state index >= 15 is 0 Å². The van der Waals surface area contributed by atoms with Crippen LogP contribution >= 0.6 is 0 Å². The summed E-state index contributed by atoms with van der Waals surface area (Å²) in [4.78, 5) is 58.9. The number of fused-ring (bicyclic) bond motifs is 1. The molecule has 2 aliphatic heterocycles. The first-order valence-corrected chi connectivity index (χ1v) is 10.5. The average molecular weight is 420 g/mol. The van der Waals surface area contributed by atoms with Gasteiger partial charge in [-0.05, 0) is 37.1 Å². The van der Waals surface area contributed by atoms with Crippen LogP contribution in [0.5, 0.6) is 0 Å². The minimum atomic E-state index is -0.300. The molecule has 0 aliphatic carbocycles. The number of imide groups is 1. The van der Waals surface area contributed by atoms with Crippen LogP contribution in [-0.4, -0.2) is 76.0 Å². The fraction of sp³-hybridized carbons (Fsp3) is 0.348. The summed E-state index contributed by atoms with van der Waals surface area (Å²) >= 11 is 0. The second kappa shape index (κ2) is 9.07. The van der Waals surface area contributed by atoms with Crippen LogP contribution in [0.25, 0.3) is 0 Å². The Hall–Kier alpha value is -3.55. The number of aromatic nitrogens is 1. The second-order valence-electron chi connectivity index (χ2n) is 7.65. The van der Waals surface area contributed by atoms with Crippen LogP contribution in [0.15, 0.2) is 48.7 Å². The number of amides is 4. The van der Waals surface area contributed by atoms with E-state index in [-0.39, 0.29) is 36.6 Å². The summed E-state index contributed by atoms with van der Waals surface area (Å²) in [5, 5.41) is 0. The Labute approximate surface area is 180 Å². The molecular weight excluding hydrogens is 396 g/mol. The fourth-order valence-electron chi connectivity index (χ4n) is 4.01. The third kappa shape index (κ3) is 4.33. The third-order valence-corrected chi connectivity index (χ3v) is 5.67. The quantitative estimate of drug-likeness (QED) is 0.689. The highest BCUT2D eigenvalue weighted by molar-refractivity contribution is 6.21. The van der Waals surface area contributed by atoms with Crippen molar-refractivity contribution in [3.63, 3.8) is 0 Å². The summed E-state index contributed by atoms with van der Waals surface area (Å²) in [5.74, 6) is -0.748. The smallest absolute Gasteiger partial charge is 0.272 e. The molecule has 0 bridgehead atoms. The normalized spacial score (nSPS) is 16.3. The molecule has 1 aromatic carbocycles. The monoisotopic (exact) mass is 420 g/mol. The standard InChI is InChI=1S/C23H24N4O4/c28-20(10-5-14-27-21(29)17-7-1-2-8-18(17)22(27)30)25-12-6-13-26(16-15-25)23(31)19-9-3-4-11-24-19/h1-4,7-9,11H,5-6,10,12-16H2. The van der Waals surface area contributed by atoms with Crippen molar-refractivity contribution < 1.29 is 19.2 Å². The highest BCUT2D eigenvalue weighted by Gasteiger charge is 2.34. The van der Waals surface area contributed by atoms with E-state index in [0.29, 0.717) is 55.8 Å². The van der Waals surface area contributed by atoms with Gasteiger partial charge in [-0.15, -0.1) is 0 Å². The summed E-state index contributed by atoms with van der Waals surface area (Å²) in [6, 6.07) is 12.0. The van der Waals surface area contributed by atoms with Gasteiger partial charge < -0.3 is 9.80 Å². The van der Waals surface area contributed by atoms with Crippen LogP contribution < -0.4 is 0 Å². The number of carbonyl (C=O) groups excluding carboxylic acids is 4. The molecule has 8 heteroatoms. The van der Waals surface area contributed by atoms with Crippen molar-refractivity contribution in [3.8, 4) is 0 Å². The van der Waals surface area contributed by atoms with Gasteiger partial charge in [-0.1, -0.05) is 18.2 Å². The molecule has 3 heterocycles. The summed E-state index contributed by atoms with van der Waals surface area (Å²) in [6.45, 7) is 2.30. The van der Waals surface area contributed by atoms with Crippen molar-refractivity contribution in [1.29, 1.82) is 0 Å². The number of benzene rings is 1. The Morgan fingerprint density at radius 3 is 2.16 bits per heavy atom. The number of hydrogen-bond acceptors (Lipinski definition) is 5. The molecule has 8 nitrogen and oxygen atoms in total. The molecule has 0 radical (unpaired) electrons. The predicted molar refractivity (Wildman–Crippen MR) is 112 cm³/mol. The molecule has 0 spiro atoms. The van der Waals surface area contributed by atoms with Gasteiger partial charge >= 0.3 is 0 Å². The number of hydrogen-bond donors (Lipinski definition) is 0. The van der Waals surface area contributed by atoms with Crippen LogP contribution in [0.1, 0.15) is 50.5 Å². The van der Waals surface area contributed by atoms with Gasteiger partial charge in [-0.2, -0.15) is 0 Å². The van der Waals surface area contributed by atoms with Crippen molar-refractivity contribution >= 4 is 23.6 Å². The van der Waals surface area contributed by atoms with E-state index < -0.39 is 0 Å². The molecule has 2 aromatic rings. The third-order valence-electron chi connectivity index (χ3n) is 5.67. The highest BCUT2D eigenvalue weighted by atomic mass is 16.2. The first kappa shape index (κ1) is 20.7. The molecule has 1 saturated heterocycles. The first-order chi connectivity index (χ1) is 15.1. The molecule has 0 saturated carbocycles. The maximum Gasteiger partial charge on any atom is 0.272 e. The predicted octanol–water partition coefficient (Wildman–Crippen LogP) is 1.83. The van der Waals surface area contributed by atoms with E-state index in [1.165, 1.54) is 4.90 Å². The van der Waals surface area contributed by atoms with Gasteiger partial charge in [-0.25, -0.2) is 0 Å². The SMILES string of the molecule is O=C(CCCN1C(=O)c2ccccc2C1=O)N1CCCN(C(=O)c2ccccn2)CC1. The van der Waals surface area contributed by atoms with Gasteiger partial charge in [0.2, 0.25) is 5.91 Å². The second-order valence-corrected chi connectivity index (χ2v) is 7.65. The van der Waals surface area contributed by atoms with Gasteiger partial charge in [0, 0.05) is 45.3 Å². The van der Waals surface area contributed by atoms with E-state index in [0.717, 1.165) is 0 Å². The summed E-state index contributed by atoms with van der Waals surface area (Å²) in [5.41, 5.74) is 1.25. The zero-order chi connectivity index (χ0) is 21.8.